The van der Waals surface area contributed by atoms with Gasteiger partial charge in [-0.25, -0.2) is 9.97 Å². The van der Waals surface area contributed by atoms with Crippen LogP contribution >= 0.6 is 23.2 Å². The zero-order valence-corrected chi connectivity index (χ0v) is 11.5. The van der Waals surface area contributed by atoms with Gasteiger partial charge in [0.15, 0.2) is 0 Å². The largest absolute Gasteiger partial charge is 0.368 e. The van der Waals surface area contributed by atoms with Crippen LogP contribution in [0.4, 0.5) is 5.95 Å². The maximum Gasteiger partial charge on any atom is 0.268 e. The number of hydrogen-bond acceptors (Lipinski definition) is 4. The van der Waals surface area contributed by atoms with E-state index in [0.717, 1.165) is 0 Å². The predicted octanol–water partition coefficient (Wildman–Crippen LogP) is 2.44. The molecule has 4 N–H and O–H groups in total. The number of aromatic nitrogens is 2. The summed E-state index contributed by atoms with van der Waals surface area (Å²) in [5.41, 5.74) is 12.3. The summed E-state index contributed by atoms with van der Waals surface area (Å²) in [5.74, 6) is -0.726. The summed E-state index contributed by atoms with van der Waals surface area (Å²) in [6.07, 6.45) is 0. The molecule has 0 spiro atoms. The molecule has 2 aromatic rings. The SMILES string of the molecule is Cc1nc(N)nc(C(N)=O)c1-c1cccc(Cl)c1Cl. The third-order valence-corrected chi connectivity index (χ3v) is 3.38. The summed E-state index contributed by atoms with van der Waals surface area (Å²) in [5, 5.41) is 0.675. The number of nitrogens with zero attached hydrogens (tertiary/aromatic N) is 2. The van der Waals surface area contributed by atoms with E-state index >= 15 is 0 Å². The Labute approximate surface area is 119 Å². The van der Waals surface area contributed by atoms with E-state index in [2.05, 4.69) is 9.97 Å². The highest BCUT2D eigenvalue weighted by molar-refractivity contribution is 6.43. The Morgan fingerprint density at radius 1 is 1.26 bits per heavy atom. The summed E-state index contributed by atoms with van der Waals surface area (Å²) in [7, 11) is 0. The Bertz CT molecular complexity index is 673. The van der Waals surface area contributed by atoms with E-state index in [4.69, 9.17) is 34.7 Å². The average Bonchev–Trinajstić information content (AvgIpc) is 2.32. The smallest absolute Gasteiger partial charge is 0.268 e. The van der Waals surface area contributed by atoms with Gasteiger partial charge < -0.3 is 11.5 Å². The summed E-state index contributed by atoms with van der Waals surface area (Å²) in [6.45, 7) is 1.69. The fourth-order valence-electron chi connectivity index (χ4n) is 1.79. The molecule has 0 saturated heterocycles. The molecule has 0 bridgehead atoms. The summed E-state index contributed by atoms with van der Waals surface area (Å²) in [4.78, 5) is 19.4. The van der Waals surface area contributed by atoms with Crippen molar-refractivity contribution in [2.45, 2.75) is 6.92 Å². The van der Waals surface area contributed by atoms with Crippen molar-refractivity contribution in [1.82, 2.24) is 9.97 Å². The van der Waals surface area contributed by atoms with Gasteiger partial charge in [-0.2, -0.15) is 0 Å². The van der Waals surface area contributed by atoms with E-state index in [0.29, 0.717) is 26.9 Å². The number of carbonyl (C=O) groups is 1. The topological polar surface area (TPSA) is 94.9 Å². The molecule has 7 heteroatoms. The highest BCUT2D eigenvalue weighted by Gasteiger charge is 2.19. The minimum absolute atomic E-state index is 0.0202. The lowest BCUT2D eigenvalue weighted by molar-refractivity contribution is 0.0996. The van der Waals surface area contributed by atoms with Crippen molar-refractivity contribution in [3.05, 3.63) is 39.6 Å². The first-order valence-corrected chi connectivity index (χ1v) is 6.05. The van der Waals surface area contributed by atoms with Crippen LogP contribution in [0, 0.1) is 6.92 Å². The minimum atomic E-state index is -0.705. The van der Waals surface area contributed by atoms with Gasteiger partial charge in [-0.05, 0) is 13.0 Å². The van der Waals surface area contributed by atoms with Crippen LogP contribution in [0.15, 0.2) is 18.2 Å². The second kappa shape index (κ2) is 5.03. The number of nitrogens with two attached hydrogens (primary N) is 2. The van der Waals surface area contributed by atoms with Crippen LogP contribution < -0.4 is 11.5 Å². The van der Waals surface area contributed by atoms with Gasteiger partial charge in [-0.3, -0.25) is 4.79 Å². The molecule has 0 atom stereocenters. The number of primary amides is 1. The number of halogens is 2. The highest BCUT2D eigenvalue weighted by atomic mass is 35.5. The fraction of sp³-hybridized carbons (Fsp3) is 0.0833. The Hall–Kier alpha value is -1.85. The van der Waals surface area contributed by atoms with Crippen LogP contribution in [0.2, 0.25) is 10.0 Å². The first-order valence-electron chi connectivity index (χ1n) is 5.30. The molecule has 0 fully saturated rings. The van der Waals surface area contributed by atoms with E-state index < -0.39 is 5.91 Å². The molecule has 1 aromatic carbocycles. The summed E-state index contributed by atoms with van der Waals surface area (Å²) < 4.78 is 0. The minimum Gasteiger partial charge on any atom is -0.368 e. The summed E-state index contributed by atoms with van der Waals surface area (Å²) in [6, 6.07) is 5.07. The number of anilines is 1. The van der Waals surface area contributed by atoms with Crippen LogP contribution in [0.3, 0.4) is 0 Å². The van der Waals surface area contributed by atoms with Gasteiger partial charge in [0.2, 0.25) is 5.95 Å². The van der Waals surface area contributed by atoms with E-state index in [9.17, 15) is 4.79 Å². The molecule has 0 aliphatic rings. The zero-order chi connectivity index (χ0) is 14.2. The lowest BCUT2D eigenvalue weighted by atomic mass is 10.0. The van der Waals surface area contributed by atoms with Crippen molar-refractivity contribution >= 4 is 35.1 Å². The summed E-state index contributed by atoms with van der Waals surface area (Å²) >= 11 is 12.1. The molecule has 19 heavy (non-hydrogen) atoms. The Balaban J connectivity index is 2.82. The van der Waals surface area contributed by atoms with Gasteiger partial charge in [0.1, 0.15) is 5.69 Å². The van der Waals surface area contributed by atoms with Gasteiger partial charge in [0, 0.05) is 11.1 Å². The lowest BCUT2D eigenvalue weighted by Crippen LogP contribution is -2.17. The maximum absolute atomic E-state index is 11.5. The van der Waals surface area contributed by atoms with Crippen LogP contribution in [-0.4, -0.2) is 15.9 Å². The van der Waals surface area contributed by atoms with Gasteiger partial charge in [-0.1, -0.05) is 35.3 Å². The van der Waals surface area contributed by atoms with Crippen LogP contribution in [0.25, 0.3) is 11.1 Å². The van der Waals surface area contributed by atoms with Gasteiger partial charge >= 0.3 is 0 Å². The molecule has 0 aliphatic carbocycles. The Morgan fingerprint density at radius 3 is 2.58 bits per heavy atom. The quantitative estimate of drug-likeness (QED) is 0.890. The fourth-order valence-corrected chi connectivity index (χ4v) is 2.19. The third-order valence-electron chi connectivity index (χ3n) is 2.56. The molecule has 1 heterocycles. The standard InChI is InChI=1S/C12H10Cl2N4O/c1-5-8(6-3-2-4-7(13)9(6)14)10(11(15)19)18-12(16)17-5/h2-4H,1H3,(H2,15,19)(H2,16,17,18). The Kier molecular flexibility index (Phi) is 3.59. The van der Waals surface area contributed by atoms with Crippen molar-refractivity contribution in [2.75, 3.05) is 5.73 Å². The van der Waals surface area contributed by atoms with Crippen molar-refractivity contribution in [1.29, 1.82) is 0 Å². The molecule has 1 aromatic heterocycles. The van der Waals surface area contributed by atoms with E-state index in [1.165, 1.54) is 0 Å². The molecule has 0 unspecified atom stereocenters. The van der Waals surface area contributed by atoms with E-state index in [1.54, 1.807) is 25.1 Å². The predicted molar refractivity (Wildman–Crippen MR) is 75.2 cm³/mol. The number of rotatable bonds is 2. The Morgan fingerprint density at radius 2 is 1.95 bits per heavy atom. The van der Waals surface area contributed by atoms with Crippen molar-refractivity contribution in [3.8, 4) is 11.1 Å². The lowest BCUT2D eigenvalue weighted by Gasteiger charge is -2.12. The zero-order valence-electron chi connectivity index (χ0n) is 9.95. The van der Waals surface area contributed by atoms with Crippen LogP contribution in [0.5, 0.6) is 0 Å². The molecule has 98 valence electrons. The average molecular weight is 297 g/mol. The van der Waals surface area contributed by atoms with Crippen molar-refractivity contribution in [2.24, 2.45) is 5.73 Å². The van der Waals surface area contributed by atoms with Gasteiger partial charge in [0.05, 0.1) is 15.7 Å². The first-order chi connectivity index (χ1) is 8.91. The highest BCUT2D eigenvalue weighted by Crippen LogP contribution is 2.36. The number of hydrogen-bond donors (Lipinski definition) is 2. The molecular weight excluding hydrogens is 287 g/mol. The van der Waals surface area contributed by atoms with Gasteiger partial charge in [-0.15, -0.1) is 0 Å². The number of carbonyl (C=O) groups excluding carboxylic acids is 1. The number of benzene rings is 1. The van der Waals surface area contributed by atoms with Crippen LogP contribution in [-0.2, 0) is 0 Å². The number of aryl methyl sites for hydroxylation is 1. The molecule has 0 radical (unpaired) electrons. The van der Waals surface area contributed by atoms with Crippen molar-refractivity contribution in [3.63, 3.8) is 0 Å². The molecular formula is C12H10Cl2N4O. The molecule has 0 saturated carbocycles. The van der Waals surface area contributed by atoms with Crippen LogP contribution in [0.1, 0.15) is 16.2 Å². The normalized spacial score (nSPS) is 10.5. The second-order valence-electron chi connectivity index (χ2n) is 3.86. The first kappa shape index (κ1) is 13.6. The number of amides is 1. The molecule has 2 rings (SSSR count). The molecule has 5 nitrogen and oxygen atoms in total. The van der Waals surface area contributed by atoms with E-state index in [-0.39, 0.29) is 11.6 Å². The molecule has 1 amide bonds. The number of nitrogen functional groups attached to an aromatic ring is 1. The molecule has 0 aliphatic heterocycles. The van der Waals surface area contributed by atoms with Gasteiger partial charge in [0.25, 0.3) is 5.91 Å². The second-order valence-corrected chi connectivity index (χ2v) is 4.64. The van der Waals surface area contributed by atoms with Crippen molar-refractivity contribution < 1.29 is 4.79 Å². The maximum atomic E-state index is 11.5. The van der Waals surface area contributed by atoms with E-state index in [1.807, 2.05) is 0 Å². The monoisotopic (exact) mass is 296 g/mol. The third kappa shape index (κ3) is 2.47.